The Hall–Kier alpha value is -2.84. The molecule has 9 nitrogen and oxygen atoms in total. The number of methoxy groups -OCH3 is 1. The van der Waals surface area contributed by atoms with Crippen LogP contribution < -0.4 is 14.8 Å². The molecule has 0 radical (unpaired) electrons. The van der Waals surface area contributed by atoms with E-state index in [9.17, 15) is 19.7 Å². The van der Waals surface area contributed by atoms with E-state index in [1.807, 2.05) is 0 Å². The Balaban J connectivity index is 2.63. The van der Waals surface area contributed by atoms with Crippen LogP contribution in [0.3, 0.4) is 0 Å². The van der Waals surface area contributed by atoms with Crippen LogP contribution in [0.2, 0.25) is 0 Å². The van der Waals surface area contributed by atoms with Crippen molar-refractivity contribution in [2.24, 2.45) is 0 Å². The SMILES string of the molecule is CNC(=O)C(C)OC(=O)COc1ccc([N+](=O)[O-])c(OC)c1. The maximum atomic E-state index is 11.5. The smallest absolute Gasteiger partial charge is 0.344 e. The highest BCUT2D eigenvalue weighted by atomic mass is 16.6. The summed E-state index contributed by atoms with van der Waals surface area (Å²) >= 11 is 0. The minimum Gasteiger partial charge on any atom is -0.490 e. The third-order valence-corrected chi connectivity index (χ3v) is 2.63. The summed E-state index contributed by atoms with van der Waals surface area (Å²) in [5.74, 6) is -0.972. The van der Waals surface area contributed by atoms with Gasteiger partial charge in [0.25, 0.3) is 5.91 Å². The Labute approximate surface area is 126 Å². The Morgan fingerprint density at radius 3 is 2.64 bits per heavy atom. The quantitative estimate of drug-likeness (QED) is 0.446. The predicted octanol–water partition coefficient (Wildman–Crippen LogP) is 0.660. The first-order valence-electron chi connectivity index (χ1n) is 6.25. The van der Waals surface area contributed by atoms with Gasteiger partial charge in [-0.25, -0.2) is 4.79 Å². The number of benzene rings is 1. The van der Waals surface area contributed by atoms with Crippen LogP contribution in [-0.2, 0) is 14.3 Å². The Morgan fingerprint density at radius 2 is 2.09 bits per heavy atom. The zero-order valence-electron chi connectivity index (χ0n) is 12.3. The molecule has 0 fully saturated rings. The van der Waals surface area contributed by atoms with Crippen LogP contribution in [0.25, 0.3) is 0 Å². The van der Waals surface area contributed by atoms with Crippen molar-refractivity contribution in [3.05, 3.63) is 28.3 Å². The van der Waals surface area contributed by atoms with Crippen LogP contribution in [0.5, 0.6) is 11.5 Å². The second-order valence-electron chi connectivity index (χ2n) is 4.13. The van der Waals surface area contributed by atoms with Gasteiger partial charge in [-0.15, -0.1) is 0 Å². The Kier molecular flexibility index (Phi) is 6.11. The van der Waals surface area contributed by atoms with Crippen molar-refractivity contribution in [3.63, 3.8) is 0 Å². The van der Waals surface area contributed by atoms with E-state index >= 15 is 0 Å². The van der Waals surface area contributed by atoms with Crippen molar-refractivity contribution in [1.29, 1.82) is 0 Å². The highest BCUT2D eigenvalue weighted by molar-refractivity contribution is 5.83. The molecule has 0 heterocycles. The van der Waals surface area contributed by atoms with Crippen LogP contribution in [0, 0.1) is 10.1 Å². The first kappa shape index (κ1) is 17.2. The van der Waals surface area contributed by atoms with E-state index < -0.39 is 29.5 Å². The molecule has 1 aromatic carbocycles. The number of amides is 1. The number of nitrogens with one attached hydrogen (secondary N) is 1. The van der Waals surface area contributed by atoms with Crippen molar-refractivity contribution in [3.8, 4) is 11.5 Å². The van der Waals surface area contributed by atoms with Crippen LogP contribution in [0.4, 0.5) is 5.69 Å². The van der Waals surface area contributed by atoms with Crippen LogP contribution >= 0.6 is 0 Å². The number of nitrogens with zero attached hydrogens (tertiary/aromatic N) is 1. The molecular weight excluding hydrogens is 296 g/mol. The van der Waals surface area contributed by atoms with Crippen molar-refractivity contribution in [1.82, 2.24) is 5.32 Å². The topological polar surface area (TPSA) is 117 Å². The number of hydrogen-bond acceptors (Lipinski definition) is 7. The lowest BCUT2D eigenvalue weighted by molar-refractivity contribution is -0.385. The van der Waals surface area contributed by atoms with E-state index in [2.05, 4.69) is 5.32 Å². The summed E-state index contributed by atoms with van der Waals surface area (Å²) in [6, 6.07) is 3.82. The first-order valence-corrected chi connectivity index (χ1v) is 6.25. The normalized spacial score (nSPS) is 11.2. The standard InChI is InChI=1S/C13H16N2O7/c1-8(13(17)14-2)22-12(16)7-21-9-4-5-10(15(18)19)11(6-9)20-3/h4-6,8H,7H2,1-3H3,(H,14,17). The van der Waals surface area contributed by atoms with Gasteiger partial charge in [-0.2, -0.15) is 0 Å². The molecule has 1 aromatic rings. The van der Waals surface area contributed by atoms with Gasteiger partial charge >= 0.3 is 11.7 Å². The summed E-state index contributed by atoms with van der Waals surface area (Å²) in [7, 11) is 2.71. The van der Waals surface area contributed by atoms with Crippen molar-refractivity contribution >= 4 is 17.6 Å². The molecule has 1 N–H and O–H groups in total. The fraction of sp³-hybridized carbons (Fsp3) is 0.385. The first-order chi connectivity index (χ1) is 10.4. The fourth-order valence-corrected chi connectivity index (χ4v) is 1.53. The summed E-state index contributed by atoms with van der Waals surface area (Å²) in [6.07, 6.45) is -0.938. The number of likely N-dealkylation sites (N-methyl/N-ethyl adjacent to an activating group) is 1. The van der Waals surface area contributed by atoms with Gasteiger partial charge < -0.3 is 19.5 Å². The molecule has 0 spiro atoms. The van der Waals surface area contributed by atoms with E-state index in [4.69, 9.17) is 14.2 Å². The van der Waals surface area contributed by atoms with Gasteiger partial charge in [-0.3, -0.25) is 14.9 Å². The van der Waals surface area contributed by atoms with E-state index in [0.29, 0.717) is 0 Å². The van der Waals surface area contributed by atoms with Gasteiger partial charge in [-0.1, -0.05) is 0 Å². The average molecular weight is 312 g/mol. The summed E-state index contributed by atoms with van der Waals surface area (Å²) in [5, 5.41) is 13.1. The molecule has 22 heavy (non-hydrogen) atoms. The van der Waals surface area contributed by atoms with Gasteiger partial charge in [-0.05, 0) is 13.0 Å². The molecule has 1 atom stereocenters. The average Bonchev–Trinajstić information content (AvgIpc) is 2.51. The van der Waals surface area contributed by atoms with Crippen LogP contribution in [0.15, 0.2) is 18.2 Å². The monoisotopic (exact) mass is 312 g/mol. The molecule has 0 aliphatic rings. The Morgan fingerprint density at radius 1 is 1.41 bits per heavy atom. The number of rotatable bonds is 7. The molecular formula is C13H16N2O7. The van der Waals surface area contributed by atoms with Crippen LogP contribution in [-0.4, -0.2) is 43.7 Å². The van der Waals surface area contributed by atoms with Gasteiger partial charge in [0.05, 0.1) is 12.0 Å². The highest BCUT2D eigenvalue weighted by Gasteiger charge is 2.18. The molecule has 9 heteroatoms. The molecule has 0 aliphatic carbocycles. The molecule has 0 aromatic heterocycles. The number of esters is 1. The molecule has 0 bridgehead atoms. The minimum absolute atomic E-state index is 0.00889. The molecule has 0 saturated carbocycles. The van der Waals surface area contributed by atoms with Gasteiger partial charge in [0.2, 0.25) is 5.75 Å². The number of nitro groups is 1. The number of hydrogen-bond donors (Lipinski definition) is 1. The number of ether oxygens (including phenoxy) is 3. The lowest BCUT2D eigenvalue weighted by Gasteiger charge is -2.12. The highest BCUT2D eigenvalue weighted by Crippen LogP contribution is 2.30. The van der Waals surface area contributed by atoms with Crippen molar-refractivity contribution < 1.29 is 28.7 Å². The van der Waals surface area contributed by atoms with Crippen molar-refractivity contribution in [2.75, 3.05) is 20.8 Å². The number of nitro benzene ring substituents is 1. The number of carbonyl (C=O) groups is 2. The Bertz CT molecular complexity index is 574. The van der Waals surface area contributed by atoms with E-state index in [1.165, 1.54) is 39.3 Å². The molecule has 0 aliphatic heterocycles. The van der Waals surface area contributed by atoms with Gasteiger partial charge in [0.1, 0.15) is 5.75 Å². The summed E-state index contributed by atoms with van der Waals surface area (Å²) in [4.78, 5) is 32.9. The maximum absolute atomic E-state index is 11.5. The summed E-state index contributed by atoms with van der Waals surface area (Å²) in [6.45, 7) is 0.980. The fourth-order valence-electron chi connectivity index (χ4n) is 1.53. The van der Waals surface area contributed by atoms with E-state index in [0.717, 1.165) is 0 Å². The van der Waals surface area contributed by atoms with E-state index in [1.54, 1.807) is 0 Å². The third kappa shape index (κ3) is 4.62. The largest absolute Gasteiger partial charge is 0.490 e. The predicted molar refractivity (Wildman–Crippen MR) is 74.8 cm³/mol. The van der Waals surface area contributed by atoms with Gasteiger partial charge in [0.15, 0.2) is 12.7 Å². The van der Waals surface area contributed by atoms with Crippen LogP contribution in [0.1, 0.15) is 6.92 Å². The lowest BCUT2D eigenvalue weighted by atomic mass is 10.3. The second kappa shape index (κ2) is 7.81. The van der Waals surface area contributed by atoms with E-state index in [-0.39, 0.29) is 17.2 Å². The third-order valence-electron chi connectivity index (χ3n) is 2.63. The zero-order valence-corrected chi connectivity index (χ0v) is 12.3. The lowest BCUT2D eigenvalue weighted by Crippen LogP contribution is -2.34. The van der Waals surface area contributed by atoms with Gasteiger partial charge in [0, 0.05) is 19.2 Å². The van der Waals surface area contributed by atoms with Crippen molar-refractivity contribution in [2.45, 2.75) is 13.0 Å². The maximum Gasteiger partial charge on any atom is 0.344 e. The number of carbonyl (C=O) groups excluding carboxylic acids is 2. The second-order valence-corrected chi connectivity index (χ2v) is 4.13. The zero-order chi connectivity index (χ0) is 16.7. The molecule has 1 unspecified atom stereocenters. The summed E-state index contributed by atoms with van der Waals surface area (Å²) < 4.78 is 14.9. The summed E-state index contributed by atoms with van der Waals surface area (Å²) in [5.41, 5.74) is -0.217. The molecule has 1 rings (SSSR count). The minimum atomic E-state index is -0.938. The molecule has 1 amide bonds. The molecule has 120 valence electrons. The molecule has 0 saturated heterocycles.